The number of likely N-dealkylation sites (N-methyl/N-ethyl adjacent to an activating group) is 1. The van der Waals surface area contributed by atoms with Crippen molar-refractivity contribution in [3.05, 3.63) is 59.7 Å². The van der Waals surface area contributed by atoms with E-state index in [0.717, 1.165) is 5.56 Å². The first kappa shape index (κ1) is 21.4. The Bertz CT molecular complexity index is 944. The van der Waals surface area contributed by atoms with Gasteiger partial charge >= 0.3 is 5.97 Å². The minimum absolute atomic E-state index is 0.00334. The lowest BCUT2D eigenvalue weighted by molar-refractivity contribution is -0.123. The van der Waals surface area contributed by atoms with E-state index >= 15 is 0 Å². The van der Waals surface area contributed by atoms with Crippen molar-refractivity contribution in [3.8, 4) is 5.75 Å². The van der Waals surface area contributed by atoms with E-state index in [1.54, 1.807) is 0 Å². The summed E-state index contributed by atoms with van der Waals surface area (Å²) in [5, 5.41) is 2.33. The number of carbonyl (C=O) groups is 2. The minimum atomic E-state index is -3.95. The maximum Gasteiger partial charge on any atom is 0.338 e. The van der Waals surface area contributed by atoms with E-state index in [1.807, 2.05) is 30.3 Å². The van der Waals surface area contributed by atoms with Crippen molar-refractivity contribution in [1.29, 1.82) is 0 Å². The van der Waals surface area contributed by atoms with Crippen LogP contribution in [0.2, 0.25) is 0 Å². The molecular formula is C19H22N2O6S. The molecule has 0 saturated heterocycles. The molecule has 0 heterocycles. The fraction of sp³-hybridized carbons (Fsp3) is 0.263. The number of methoxy groups -OCH3 is 1. The zero-order chi connectivity index (χ0) is 20.7. The smallest absolute Gasteiger partial charge is 0.338 e. The summed E-state index contributed by atoms with van der Waals surface area (Å²) in [5.74, 6) is -1.19. The molecule has 150 valence electrons. The molecule has 0 aliphatic heterocycles. The van der Waals surface area contributed by atoms with E-state index in [2.05, 4.69) is 5.32 Å². The van der Waals surface area contributed by atoms with Crippen molar-refractivity contribution in [2.75, 3.05) is 27.8 Å². The molecule has 0 bridgehead atoms. The van der Waals surface area contributed by atoms with Gasteiger partial charge in [0.15, 0.2) is 6.61 Å². The maximum absolute atomic E-state index is 13.0. The Morgan fingerprint density at radius 1 is 1.11 bits per heavy atom. The molecule has 28 heavy (non-hydrogen) atoms. The van der Waals surface area contributed by atoms with Crippen LogP contribution in [0.1, 0.15) is 15.9 Å². The number of nitrogens with zero attached hydrogens (tertiary/aromatic N) is 1. The first-order chi connectivity index (χ1) is 13.3. The molecule has 2 rings (SSSR count). The molecule has 0 aliphatic carbocycles. The van der Waals surface area contributed by atoms with Gasteiger partial charge in [0.05, 0.1) is 12.7 Å². The summed E-state index contributed by atoms with van der Waals surface area (Å²) in [6, 6.07) is 13.0. The Kier molecular flexibility index (Phi) is 7.13. The molecule has 2 aromatic carbocycles. The Labute approximate surface area is 164 Å². The van der Waals surface area contributed by atoms with Crippen LogP contribution in [-0.2, 0) is 26.1 Å². The van der Waals surface area contributed by atoms with Crippen molar-refractivity contribution in [2.24, 2.45) is 0 Å². The van der Waals surface area contributed by atoms with Crippen LogP contribution in [0.15, 0.2) is 53.4 Å². The number of benzene rings is 2. The number of rotatable bonds is 8. The van der Waals surface area contributed by atoms with E-state index in [0.29, 0.717) is 0 Å². The van der Waals surface area contributed by atoms with Crippen molar-refractivity contribution in [2.45, 2.75) is 11.4 Å². The Balaban J connectivity index is 2.31. The first-order valence-electron chi connectivity index (χ1n) is 8.35. The van der Waals surface area contributed by atoms with Crippen LogP contribution >= 0.6 is 0 Å². The molecule has 0 aliphatic rings. The number of carbonyl (C=O) groups excluding carboxylic acids is 2. The third-order valence-electron chi connectivity index (χ3n) is 3.95. The van der Waals surface area contributed by atoms with Gasteiger partial charge in [0, 0.05) is 20.6 Å². The fourth-order valence-corrected chi connectivity index (χ4v) is 3.72. The molecule has 0 atom stereocenters. The SMILES string of the molecule is CNC(=O)COC(=O)c1ccc(OC)c(S(=O)(=O)N(C)Cc2ccccc2)c1. The van der Waals surface area contributed by atoms with Crippen LogP contribution < -0.4 is 10.1 Å². The third kappa shape index (κ3) is 5.08. The molecule has 9 heteroatoms. The molecule has 2 aromatic rings. The van der Waals surface area contributed by atoms with Crippen LogP contribution in [-0.4, -0.2) is 52.4 Å². The van der Waals surface area contributed by atoms with Gasteiger partial charge in [0.1, 0.15) is 10.6 Å². The van der Waals surface area contributed by atoms with Gasteiger partial charge in [-0.3, -0.25) is 4.79 Å². The molecule has 1 amide bonds. The first-order valence-corrected chi connectivity index (χ1v) is 9.79. The zero-order valence-electron chi connectivity index (χ0n) is 15.8. The molecule has 1 N–H and O–H groups in total. The van der Waals surface area contributed by atoms with Crippen molar-refractivity contribution < 1.29 is 27.5 Å². The summed E-state index contributed by atoms with van der Waals surface area (Å²) >= 11 is 0. The van der Waals surface area contributed by atoms with E-state index in [-0.39, 0.29) is 22.8 Å². The van der Waals surface area contributed by atoms with Crippen LogP contribution in [0.5, 0.6) is 5.75 Å². The highest BCUT2D eigenvalue weighted by Crippen LogP contribution is 2.28. The summed E-state index contributed by atoms with van der Waals surface area (Å²) in [6.45, 7) is -0.310. The van der Waals surface area contributed by atoms with Crippen molar-refractivity contribution in [3.63, 3.8) is 0 Å². The lowest BCUT2D eigenvalue weighted by atomic mass is 10.2. The van der Waals surface area contributed by atoms with Crippen molar-refractivity contribution >= 4 is 21.9 Å². The number of hydrogen-bond acceptors (Lipinski definition) is 6. The number of nitrogens with one attached hydrogen (secondary N) is 1. The van der Waals surface area contributed by atoms with E-state index < -0.39 is 28.5 Å². The summed E-state index contributed by atoms with van der Waals surface area (Å²) < 4.78 is 37.3. The summed E-state index contributed by atoms with van der Waals surface area (Å²) in [4.78, 5) is 23.2. The summed E-state index contributed by atoms with van der Waals surface area (Å²) in [5.41, 5.74) is 0.810. The Morgan fingerprint density at radius 2 is 1.79 bits per heavy atom. The highest BCUT2D eigenvalue weighted by Gasteiger charge is 2.26. The second-order valence-electron chi connectivity index (χ2n) is 5.86. The fourth-order valence-electron chi connectivity index (χ4n) is 2.39. The van der Waals surface area contributed by atoms with Gasteiger partial charge in [0.25, 0.3) is 5.91 Å². The lowest BCUT2D eigenvalue weighted by Crippen LogP contribution is -2.27. The van der Waals surface area contributed by atoms with E-state index in [4.69, 9.17) is 9.47 Å². The molecule has 0 aromatic heterocycles. The van der Waals surface area contributed by atoms with Gasteiger partial charge in [-0.25, -0.2) is 13.2 Å². The standard InChI is InChI=1S/C19H22N2O6S/c1-20-18(22)13-27-19(23)15-9-10-16(26-3)17(11-15)28(24,25)21(2)12-14-7-5-4-6-8-14/h4-11H,12-13H2,1-3H3,(H,20,22). The largest absolute Gasteiger partial charge is 0.495 e. The van der Waals surface area contributed by atoms with Gasteiger partial charge in [-0.05, 0) is 23.8 Å². The van der Waals surface area contributed by atoms with Gasteiger partial charge in [-0.15, -0.1) is 0 Å². The van der Waals surface area contributed by atoms with Crippen molar-refractivity contribution in [1.82, 2.24) is 9.62 Å². The second-order valence-corrected chi connectivity index (χ2v) is 7.87. The predicted molar refractivity (Wildman–Crippen MR) is 102 cm³/mol. The third-order valence-corrected chi connectivity index (χ3v) is 5.77. The molecule has 0 unspecified atom stereocenters. The highest BCUT2D eigenvalue weighted by atomic mass is 32.2. The number of amides is 1. The monoisotopic (exact) mass is 406 g/mol. The lowest BCUT2D eigenvalue weighted by Gasteiger charge is -2.19. The zero-order valence-corrected chi connectivity index (χ0v) is 16.7. The van der Waals surface area contributed by atoms with Crippen LogP contribution in [0.25, 0.3) is 0 Å². The van der Waals surface area contributed by atoms with Crippen LogP contribution in [0.4, 0.5) is 0 Å². The Hall–Kier alpha value is -2.91. The predicted octanol–water partition coefficient (Wildman–Crippen LogP) is 1.42. The van der Waals surface area contributed by atoms with Gasteiger partial charge in [-0.2, -0.15) is 4.31 Å². The Morgan fingerprint density at radius 3 is 2.39 bits per heavy atom. The molecule has 0 saturated carbocycles. The summed E-state index contributed by atoms with van der Waals surface area (Å²) in [6.07, 6.45) is 0. The number of sulfonamides is 1. The number of hydrogen-bond donors (Lipinski definition) is 1. The maximum atomic E-state index is 13.0. The van der Waals surface area contributed by atoms with Gasteiger partial charge in [-0.1, -0.05) is 30.3 Å². The molecule has 0 spiro atoms. The molecule has 0 radical (unpaired) electrons. The molecular weight excluding hydrogens is 384 g/mol. The normalized spacial score (nSPS) is 11.1. The van der Waals surface area contributed by atoms with Gasteiger partial charge in [0.2, 0.25) is 10.0 Å². The molecule has 0 fully saturated rings. The average molecular weight is 406 g/mol. The average Bonchev–Trinajstić information content (AvgIpc) is 2.71. The minimum Gasteiger partial charge on any atom is -0.495 e. The number of esters is 1. The van der Waals surface area contributed by atoms with E-state index in [1.165, 1.54) is 43.7 Å². The number of ether oxygens (including phenoxy) is 2. The topological polar surface area (TPSA) is 102 Å². The summed E-state index contributed by atoms with van der Waals surface area (Å²) in [7, 11) is 0.248. The quantitative estimate of drug-likeness (QED) is 0.665. The van der Waals surface area contributed by atoms with Crippen LogP contribution in [0, 0.1) is 0 Å². The van der Waals surface area contributed by atoms with Crippen LogP contribution in [0.3, 0.4) is 0 Å². The van der Waals surface area contributed by atoms with Gasteiger partial charge < -0.3 is 14.8 Å². The molecule has 8 nitrogen and oxygen atoms in total. The highest BCUT2D eigenvalue weighted by molar-refractivity contribution is 7.89. The second kappa shape index (κ2) is 9.34. The van der Waals surface area contributed by atoms with E-state index in [9.17, 15) is 18.0 Å².